The number of hydrogen-bond donors (Lipinski definition) is 2. The Morgan fingerprint density at radius 2 is 1.69 bits per heavy atom. The molecule has 32 heavy (non-hydrogen) atoms. The van der Waals surface area contributed by atoms with E-state index in [4.69, 9.17) is 10.5 Å². The summed E-state index contributed by atoms with van der Waals surface area (Å²) in [4.78, 5) is 11.6. The summed E-state index contributed by atoms with van der Waals surface area (Å²) in [5.74, 6) is -4.69. The van der Waals surface area contributed by atoms with Crippen molar-refractivity contribution in [3.63, 3.8) is 0 Å². The Bertz CT molecular complexity index is 1280. The molecule has 0 bridgehead atoms. The van der Waals surface area contributed by atoms with Crippen LogP contribution in [0.3, 0.4) is 0 Å². The number of ether oxygens (including phenoxy) is 1. The quantitative estimate of drug-likeness (QED) is 0.464. The summed E-state index contributed by atoms with van der Waals surface area (Å²) < 4.78 is 63.8. The lowest BCUT2D eigenvalue weighted by Gasteiger charge is -2.25. The first kappa shape index (κ1) is 22.6. The van der Waals surface area contributed by atoms with E-state index in [0.717, 1.165) is 30.4 Å². The van der Waals surface area contributed by atoms with E-state index in [1.54, 1.807) is 29.0 Å². The summed E-state index contributed by atoms with van der Waals surface area (Å²) in [5, 5.41) is 1.31. The summed E-state index contributed by atoms with van der Waals surface area (Å²) in [5.41, 5.74) is 4.61. The molecule has 0 unspecified atom stereocenters. The van der Waals surface area contributed by atoms with Crippen molar-refractivity contribution in [1.82, 2.24) is 4.72 Å². The molecule has 3 aromatic carbocycles. The van der Waals surface area contributed by atoms with Gasteiger partial charge in [-0.15, -0.1) is 0 Å². The van der Waals surface area contributed by atoms with Crippen molar-refractivity contribution in [2.45, 2.75) is 35.8 Å². The molecule has 6 nitrogen and oxygen atoms in total. The van der Waals surface area contributed by atoms with Crippen molar-refractivity contribution in [1.29, 1.82) is 0 Å². The van der Waals surface area contributed by atoms with Crippen molar-refractivity contribution in [2.24, 2.45) is 5.73 Å². The average Bonchev–Trinajstić information content (AvgIpc) is 3.55. The molecule has 0 aromatic heterocycles. The molecule has 0 radical (unpaired) electrons. The minimum Gasteiger partial charge on any atom is -0.490 e. The molecule has 1 amide bonds. The van der Waals surface area contributed by atoms with Gasteiger partial charge in [0.2, 0.25) is 15.9 Å². The second kappa shape index (κ2) is 8.42. The van der Waals surface area contributed by atoms with Crippen LogP contribution in [-0.2, 0) is 20.7 Å². The van der Waals surface area contributed by atoms with Crippen LogP contribution in [0.5, 0.6) is 5.75 Å². The Balaban J connectivity index is 1.62. The molecule has 3 aromatic rings. The molecule has 4 rings (SSSR count). The monoisotopic (exact) mass is 524 g/mol. The van der Waals surface area contributed by atoms with Gasteiger partial charge in [0.05, 0.1) is 11.0 Å². The molecular weight excluding hydrogens is 506 g/mol. The van der Waals surface area contributed by atoms with Crippen LogP contribution in [0.2, 0.25) is 0 Å². The fraction of sp³-hybridized carbons (Fsp3) is 0.227. The number of hydrogen-bond acceptors (Lipinski definition) is 4. The third-order valence-corrected chi connectivity index (χ3v) is 7.02. The first-order valence-electron chi connectivity index (χ1n) is 9.72. The van der Waals surface area contributed by atoms with Gasteiger partial charge in [-0.3, -0.25) is 4.79 Å². The molecule has 0 spiro atoms. The smallest absolute Gasteiger partial charge is 0.298 e. The molecule has 10 heteroatoms. The average molecular weight is 525 g/mol. The van der Waals surface area contributed by atoms with Crippen LogP contribution in [0.4, 0.5) is 8.78 Å². The van der Waals surface area contributed by atoms with Gasteiger partial charge in [-0.2, -0.15) is 13.5 Å². The highest BCUT2D eigenvalue weighted by Crippen LogP contribution is 2.34. The number of benzene rings is 3. The van der Waals surface area contributed by atoms with Crippen LogP contribution in [0.1, 0.15) is 18.4 Å². The number of carbonyl (C=O) groups excluding carboxylic acids is 1. The maximum atomic E-state index is 15.0. The van der Waals surface area contributed by atoms with Gasteiger partial charge in [0.15, 0.2) is 6.04 Å². The number of carbonyl (C=O) groups is 1. The lowest BCUT2D eigenvalue weighted by molar-refractivity contribution is -0.130. The van der Waals surface area contributed by atoms with E-state index >= 15 is 0 Å². The predicted octanol–water partition coefficient (Wildman–Crippen LogP) is 4.07. The topological polar surface area (TPSA) is 98.5 Å². The number of nitrogens with one attached hydrogen (secondary N) is 1. The Labute approximate surface area is 191 Å². The van der Waals surface area contributed by atoms with Crippen LogP contribution in [0, 0.1) is 0 Å². The molecule has 1 aliphatic carbocycles. The molecule has 0 aliphatic heterocycles. The van der Waals surface area contributed by atoms with Gasteiger partial charge in [0.1, 0.15) is 5.75 Å². The van der Waals surface area contributed by atoms with Crippen molar-refractivity contribution in [3.8, 4) is 5.75 Å². The van der Waals surface area contributed by atoms with Crippen molar-refractivity contribution in [3.05, 3.63) is 70.7 Å². The molecule has 168 valence electrons. The molecule has 0 saturated heterocycles. The highest BCUT2D eigenvalue weighted by atomic mass is 79.9. The zero-order valence-electron chi connectivity index (χ0n) is 16.6. The highest BCUT2D eigenvalue weighted by Gasteiger charge is 2.47. The van der Waals surface area contributed by atoms with E-state index < -0.39 is 33.5 Å². The Hall–Kier alpha value is -2.56. The van der Waals surface area contributed by atoms with Gasteiger partial charge in [0, 0.05) is 10.0 Å². The van der Waals surface area contributed by atoms with Crippen LogP contribution in [-0.4, -0.2) is 26.5 Å². The minimum absolute atomic E-state index is 0.217. The van der Waals surface area contributed by atoms with Gasteiger partial charge >= 0.3 is 0 Å². The first-order chi connectivity index (χ1) is 15.1. The Kier molecular flexibility index (Phi) is 5.95. The number of fused-ring (bicyclic) bond motifs is 1. The second-order valence-electron chi connectivity index (χ2n) is 7.57. The first-order valence-corrected chi connectivity index (χ1v) is 12.0. The van der Waals surface area contributed by atoms with Gasteiger partial charge in [-0.1, -0.05) is 40.2 Å². The second-order valence-corrected chi connectivity index (χ2v) is 10.2. The van der Waals surface area contributed by atoms with Crippen LogP contribution in [0.15, 0.2) is 70.0 Å². The number of nitrogens with two attached hydrogens (primary N) is 1. The number of sulfonamides is 1. The lowest BCUT2D eigenvalue weighted by Crippen LogP contribution is -2.53. The van der Waals surface area contributed by atoms with E-state index in [1.165, 1.54) is 24.3 Å². The molecule has 1 fully saturated rings. The van der Waals surface area contributed by atoms with Crippen LogP contribution < -0.4 is 15.2 Å². The summed E-state index contributed by atoms with van der Waals surface area (Å²) in [6.45, 7) is 0. The maximum Gasteiger partial charge on any atom is 0.298 e. The summed E-state index contributed by atoms with van der Waals surface area (Å²) in [7, 11) is -4.49. The van der Waals surface area contributed by atoms with Crippen molar-refractivity contribution < 1.29 is 26.7 Å². The fourth-order valence-corrected chi connectivity index (χ4v) is 4.70. The minimum atomic E-state index is -4.49. The highest BCUT2D eigenvalue weighted by molar-refractivity contribution is 9.10. The van der Waals surface area contributed by atoms with Gasteiger partial charge in [-0.25, -0.2) is 8.42 Å². The third kappa shape index (κ3) is 4.77. The SMILES string of the molecule is NC(=O)[C@H](NS(=O)(=O)c1ccc2cc(OC3CC3)ccc2c1)C(F)(F)c1ccc(Br)cc1. The zero-order chi connectivity index (χ0) is 23.1. The van der Waals surface area contributed by atoms with Crippen LogP contribution >= 0.6 is 15.9 Å². The van der Waals surface area contributed by atoms with Gasteiger partial charge < -0.3 is 10.5 Å². The largest absolute Gasteiger partial charge is 0.490 e. The number of rotatable bonds is 8. The zero-order valence-corrected chi connectivity index (χ0v) is 19.0. The van der Waals surface area contributed by atoms with E-state index in [9.17, 15) is 22.0 Å². The van der Waals surface area contributed by atoms with Crippen molar-refractivity contribution in [2.75, 3.05) is 0 Å². The number of amides is 1. The summed E-state index contributed by atoms with van der Waals surface area (Å²) in [6, 6.07) is 11.8. The maximum absolute atomic E-state index is 15.0. The molecular formula is C22H19BrF2N2O4S. The van der Waals surface area contributed by atoms with E-state index in [-0.39, 0.29) is 11.0 Å². The Morgan fingerprint density at radius 3 is 2.31 bits per heavy atom. The van der Waals surface area contributed by atoms with Gasteiger partial charge in [0.25, 0.3) is 5.92 Å². The molecule has 1 saturated carbocycles. The predicted molar refractivity (Wildman–Crippen MR) is 119 cm³/mol. The van der Waals surface area contributed by atoms with E-state index in [1.807, 2.05) is 0 Å². The number of alkyl halides is 2. The third-order valence-electron chi connectivity index (χ3n) is 5.07. The van der Waals surface area contributed by atoms with Gasteiger partial charge in [-0.05, 0) is 60.0 Å². The molecule has 1 aliphatic rings. The van der Waals surface area contributed by atoms with E-state index in [2.05, 4.69) is 15.9 Å². The molecule has 1 atom stereocenters. The standard InChI is InChI=1S/C22H19BrF2N2O4S/c23-16-5-3-15(4-6-16)22(24,25)20(21(26)28)27-32(29,30)19-10-2-13-11-18(31-17-8-9-17)7-1-14(13)12-19/h1-7,10-12,17,20,27H,8-9H2,(H2,26,28)/t20-/m0/s1. The van der Waals surface area contributed by atoms with Crippen LogP contribution in [0.25, 0.3) is 10.8 Å². The van der Waals surface area contributed by atoms with Crippen molar-refractivity contribution >= 4 is 42.6 Å². The summed E-state index contributed by atoms with van der Waals surface area (Å²) >= 11 is 3.14. The van der Waals surface area contributed by atoms with E-state index in [0.29, 0.717) is 15.6 Å². The Morgan fingerprint density at radius 1 is 1.06 bits per heavy atom. The number of primary amides is 1. The lowest BCUT2D eigenvalue weighted by atomic mass is 10.0. The summed E-state index contributed by atoms with van der Waals surface area (Å²) in [6.07, 6.45) is 2.23. The molecule has 3 N–H and O–H groups in total. The fourth-order valence-electron chi connectivity index (χ4n) is 3.19. The molecule has 0 heterocycles. The number of halogens is 3. The normalized spacial score (nSPS) is 15.5.